The lowest BCUT2D eigenvalue weighted by molar-refractivity contribution is 0.0696. The van der Waals surface area contributed by atoms with E-state index in [0.717, 1.165) is 12.8 Å². The Hall–Kier alpha value is -1.71. The summed E-state index contributed by atoms with van der Waals surface area (Å²) in [6.45, 7) is 4.91. The van der Waals surface area contributed by atoms with Gasteiger partial charge in [0.2, 0.25) is 0 Å². The van der Waals surface area contributed by atoms with Crippen molar-refractivity contribution in [3.8, 4) is 11.5 Å². The van der Waals surface area contributed by atoms with Crippen LogP contribution in [-0.4, -0.2) is 24.8 Å². The van der Waals surface area contributed by atoms with Gasteiger partial charge in [0, 0.05) is 0 Å². The maximum atomic E-state index is 11.0. The number of hydrogen-bond acceptors (Lipinski definition) is 3. The molecule has 1 atom stereocenters. The number of carboxylic acids is 1. The van der Waals surface area contributed by atoms with E-state index in [1.54, 1.807) is 13.2 Å². The normalized spacial score (nSPS) is 11.9. The van der Waals surface area contributed by atoms with E-state index in [9.17, 15) is 4.79 Å². The molecule has 0 aliphatic heterocycles. The molecule has 1 unspecified atom stereocenters. The lowest BCUT2D eigenvalue weighted by Gasteiger charge is -2.17. The third-order valence-electron chi connectivity index (χ3n) is 3.43. The molecule has 1 aromatic carbocycles. The maximum absolute atomic E-state index is 11.0. The summed E-state index contributed by atoms with van der Waals surface area (Å²) in [5.41, 5.74) is 0.211. The van der Waals surface area contributed by atoms with Crippen molar-refractivity contribution in [2.75, 3.05) is 13.7 Å². The molecule has 1 N–H and O–H groups in total. The van der Waals surface area contributed by atoms with Gasteiger partial charge >= 0.3 is 5.97 Å². The zero-order valence-electron chi connectivity index (χ0n) is 12.5. The lowest BCUT2D eigenvalue weighted by Crippen LogP contribution is -2.12. The molecule has 0 bridgehead atoms. The van der Waals surface area contributed by atoms with Crippen LogP contribution in [0.1, 0.15) is 49.9 Å². The summed E-state index contributed by atoms with van der Waals surface area (Å²) in [7, 11) is 1.55. The van der Waals surface area contributed by atoms with Crippen LogP contribution in [0, 0.1) is 5.92 Å². The number of carboxylic acid groups (broad SMARTS) is 1. The Morgan fingerprint density at radius 2 is 2.05 bits per heavy atom. The second-order valence-corrected chi connectivity index (χ2v) is 4.90. The number of carbonyl (C=O) groups is 1. The summed E-state index contributed by atoms with van der Waals surface area (Å²) in [5, 5.41) is 9.02. The molecule has 0 saturated carbocycles. The van der Waals surface area contributed by atoms with Crippen molar-refractivity contribution in [3.05, 3.63) is 23.8 Å². The first-order chi connectivity index (χ1) is 9.62. The van der Waals surface area contributed by atoms with Crippen molar-refractivity contribution < 1.29 is 19.4 Å². The first-order valence-electron chi connectivity index (χ1n) is 7.16. The van der Waals surface area contributed by atoms with Gasteiger partial charge in [-0.05, 0) is 30.5 Å². The molecule has 0 saturated heterocycles. The predicted molar refractivity (Wildman–Crippen MR) is 78.8 cm³/mol. The number of hydrogen-bond donors (Lipinski definition) is 1. The molecular weight excluding hydrogens is 256 g/mol. The molecule has 0 fully saturated rings. The van der Waals surface area contributed by atoms with E-state index in [4.69, 9.17) is 14.6 Å². The smallest absolute Gasteiger partial charge is 0.335 e. The van der Waals surface area contributed by atoms with Crippen LogP contribution in [0.2, 0.25) is 0 Å². The SMILES string of the molecule is CCCCC(CC)COc1cc(C(=O)O)ccc1OC. The van der Waals surface area contributed by atoms with E-state index in [1.807, 2.05) is 0 Å². The Morgan fingerprint density at radius 3 is 2.60 bits per heavy atom. The van der Waals surface area contributed by atoms with Gasteiger partial charge in [-0.1, -0.05) is 33.1 Å². The molecule has 112 valence electrons. The van der Waals surface area contributed by atoms with E-state index in [0.29, 0.717) is 24.0 Å². The minimum absolute atomic E-state index is 0.211. The van der Waals surface area contributed by atoms with Crippen LogP contribution < -0.4 is 9.47 Å². The van der Waals surface area contributed by atoms with Crippen LogP contribution in [0.5, 0.6) is 11.5 Å². The molecule has 0 radical (unpaired) electrons. The van der Waals surface area contributed by atoms with Gasteiger partial charge < -0.3 is 14.6 Å². The van der Waals surface area contributed by atoms with Crippen LogP contribution in [0.3, 0.4) is 0 Å². The number of aromatic carboxylic acids is 1. The Labute approximate surface area is 120 Å². The van der Waals surface area contributed by atoms with E-state index >= 15 is 0 Å². The minimum atomic E-state index is -0.962. The molecule has 0 spiro atoms. The molecule has 0 amide bonds. The van der Waals surface area contributed by atoms with Gasteiger partial charge in [0.15, 0.2) is 11.5 Å². The third-order valence-corrected chi connectivity index (χ3v) is 3.43. The molecule has 0 aliphatic rings. The molecule has 1 aromatic rings. The van der Waals surface area contributed by atoms with Crippen molar-refractivity contribution in [1.82, 2.24) is 0 Å². The average molecular weight is 280 g/mol. The van der Waals surface area contributed by atoms with Crippen molar-refractivity contribution in [1.29, 1.82) is 0 Å². The van der Waals surface area contributed by atoms with Crippen LogP contribution >= 0.6 is 0 Å². The molecule has 20 heavy (non-hydrogen) atoms. The van der Waals surface area contributed by atoms with Gasteiger partial charge in [-0.3, -0.25) is 0 Å². The molecule has 4 nitrogen and oxygen atoms in total. The Bertz CT molecular complexity index is 428. The van der Waals surface area contributed by atoms with E-state index in [2.05, 4.69) is 13.8 Å². The zero-order valence-corrected chi connectivity index (χ0v) is 12.5. The molecular formula is C16H24O4. The average Bonchev–Trinajstić information content (AvgIpc) is 2.47. The predicted octanol–water partition coefficient (Wildman–Crippen LogP) is 3.99. The second kappa shape index (κ2) is 8.46. The number of methoxy groups -OCH3 is 1. The second-order valence-electron chi connectivity index (χ2n) is 4.90. The van der Waals surface area contributed by atoms with Crippen LogP contribution in [0.25, 0.3) is 0 Å². The van der Waals surface area contributed by atoms with E-state index in [-0.39, 0.29) is 5.56 Å². The molecule has 4 heteroatoms. The van der Waals surface area contributed by atoms with Crippen molar-refractivity contribution >= 4 is 5.97 Å². The quantitative estimate of drug-likeness (QED) is 0.743. The minimum Gasteiger partial charge on any atom is -0.493 e. The fourth-order valence-corrected chi connectivity index (χ4v) is 2.03. The first kappa shape index (κ1) is 16.3. The summed E-state index contributed by atoms with van der Waals surface area (Å²) in [5.74, 6) is 0.603. The highest BCUT2D eigenvalue weighted by molar-refractivity contribution is 5.88. The standard InChI is InChI=1S/C16H24O4/c1-4-6-7-12(5-2)11-20-15-10-13(16(17)18)8-9-14(15)19-3/h8-10,12H,4-7,11H2,1-3H3,(H,17,18). The highest BCUT2D eigenvalue weighted by Gasteiger charge is 2.12. The Kier molecular flexibility index (Phi) is 6.91. The lowest BCUT2D eigenvalue weighted by atomic mass is 10.0. The van der Waals surface area contributed by atoms with Gasteiger partial charge in [0.05, 0.1) is 19.3 Å². The van der Waals surface area contributed by atoms with Crippen molar-refractivity contribution in [3.63, 3.8) is 0 Å². The maximum Gasteiger partial charge on any atom is 0.335 e. The monoisotopic (exact) mass is 280 g/mol. The van der Waals surface area contributed by atoms with Gasteiger partial charge in [-0.25, -0.2) is 4.79 Å². The summed E-state index contributed by atoms with van der Waals surface area (Å²) in [6, 6.07) is 4.67. The van der Waals surface area contributed by atoms with Gasteiger partial charge in [-0.15, -0.1) is 0 Å². The number of ether oxygens (including phenoxy) is 2. The van der Waals surface area contributed by atoms with Crippen LogP contribution in [-0.2, 0) is 0 Å². The number of rotatable bonds is 9. The largest absolute Gasteiger partial charge is 0.493 e. The summed E-state index contributed by atoms with van der Waals surface area (Å²) in [4.78, 5) is 11.0. The summed E-state index contributed by atoms with van der Waals surface area (Å²) in [6.07, 6.45) is 4.55. The van der Waals surface area contributed by atoms with E-state index in [1.165, 1.54) is 25.0 Å². The summed E-state index contributed by atoms with van der Waals surface area (Å²) < 4.78 is 11.0. The Morgan fingerprint density at radius 1 is 1.30 bits per heavy atom. The van der Waals surface area contributed by atoms with Gasteiger partial charge in [0.1, 0.15) is 0 Å². The molecule has 0 aromatic heterocycles. The topological polar surface area (TPSA) is 55.8 Å². The van der Waals surface area contributed by atoms with Crippen molar-refractivity contribution in [2.45, 2.75) is 39.5 Å². The van der Waals surface area contributed by atoms with Crippen molar-refractivity contribution in [2.24, 2.45) is 5.92 Å². The third kappa shape index (κ3) is 4.76. The molecule has 1 rings (SSSR count). The van der Waals surface area contributed by atoms with Crippen LogP contribution in [0.4, 0.5) is 0 Å². The fraction of sp³-hybridized carbons (Fsp3) is 0.562. The highest BCUT2D eigenvalue weighted by atomic mass is 16.5. The molecule has 0 heterocycles. The Balaban J connectivity index is 2.73. The van der Waals surface area contributed by atoms with Crippen LogP contribution in [0.15, 0.2) is 18.2 Å². The zero-order chi connectivity index (χ0) is 15.0. The number of benzene rings is 1. The fourth-order valence-electron chi connectivity index (χ4n) is 2.03. The van der Waals surface area contributed by atoms with E-state index < -0.39 is 5.97 Å². The molecule has 0 aliphatic carbocycles. The summed E-state index contributed by atoms with van der Waals surface area (Å²) >= 11 is 0. The first-order valence-corrected chi connectivity index (χ1v) is 7.16. The highest BCUT2D eigenvalue weighted by Crippen LogP contribution is 2.29. The number of unbranched alkanes of at least 4 members (excludes halogenated alkanes) is 1. The van der Waals surface area contributed by atoms with Gasteiger partial charge in [-0.2, -0.15) is 0 Å². The van der Waals surface area contributed by atoms with Gasteiger partial charge in [0.25, 0.3) is 0 Å².